The second-order valence-electron chi connectivity index (χ2n) is 6.08. The van der Waals surface area contributed by atoms with Crippen molar-refractivity contribution in [3.05, 3.63) is 16.1 Å². The summed E-state index contributed by atoms with van der Waals surface area (Å²) in [4.78, 5) is 4.60. The maximum absolute atomic E-state index is 4.60. The molecule has 1 N–H and O–H groups in total. The van der Waals surface area contributed by atoms with E-state index in [1.54, 1.807) is 11.3 Å². The molecule has 0 radical (unpaired) electrons. The Morgan fingerprint density at radius 1 is 1.05 bits per heavy atom. The van der Waals surface area contributed by atoms with Crippen molar-refractivity contribution in [3.8, 4) is 0 Å². The molecule has 1 rings (SSSR count). The van der Waals surface area contributed by atoms with Gasteiger partial charge in [-0.3, -0.25) is 0 Å². The fraction of sp³-hybridized carbons (Fsp3) is 0.833. The molecule has 1 aromatic heterocycles. The van der Waals surface area contributed by atoms with Gasteiger partial charge in [-0.25, -0.2) is 4.98 Å². The van der Waals surface area contributed by atoms with Crippen molar-refractivity contribution in [2.24, 2.45) is 0 Å². The standard InChI is InChI=1S/C18H34N2S/c1-4-6-7-8-9-10-11-12-13-17(19-5-2)14-18-15-21-16(3)20-18/h15,17,19H,4-14H2,1-3H3. The minimum Gasteiger partial charge on any atom is -0.314 e. The van der Waals surface area contributed by atoms with E-state index in [0.29, 0.717) is 6.04 Å². The van der Waals surface area contributed by atoms with E-state index in [4.69, 9.17) is 0 Å². The van der Waals surface area contributed by atoms with Crippen LogP contribution in [0.2, 0.25) is 0 Å². The van der Waals surface area contributed by atoms with Crippen molar-refractivity contribution in [2.75, 3.05) is 6.54 Å². The van der Waals surface area contributed by atoms with Crippen molar-refractivity contribution < 1.29 is 0 Å². The topological polar surface area (TPSA) is 24.9 Å². The van der Waals surface area contributed by atoms with Gasteiger partial charge in [-0.05, 0) is 19.9 Å². The Morgan fingerprint density at radius 2 is 1.71 bits per heavy atom. The first-order chi connectivity index (χ1) is 10.3. The van der Waals surface area contributed by atoms with Crippen LogP contribution >= 0.6 is 11.3 Å². The van der Waals surface area contributed by atoms with Gasteiger partial charge < -0.3 is 5.32 Å². The van der Waals surface area contributed by atoms with Crippen molar-refractivity contribution in [1.29, 1.82) is 0 Å². The van der Waals surface area contributed by atoms with Crippen molar-refractivity contribution >= 4 is 11.3 Å². The molecule has 0 bridgehead atoms. The molecule has 2 nitrogen and oxygen atoms in total. The summed E-state index contributed by atoms with van der Waals surface area (Å²) in [6, 6.07) is 0.608. The summed E-state index contributed by atoms with van der Waals surface area (Å²) in [6.45, 7) is 7.64. The summed E-state index contributed by atoms with van der Waals surface area (Å²) in [7, 11) is 0. The van der Waals surface area contributed by atoms with E-state index in [0.717, 1.165) is 13.0 Å². The zero-order valence-electron chi connectivity index (χ0n) is 14.3. The minimum atomic E-state index is 0.608. The average Bonchev–Trinajstić information content (AvgIpc) is 2.87. The molecule has 21 heavy (non-hydrogen) atoms. The van der Waals surface area contributed by atoms with Gasteiger partial charge in [-0.15, -0.1) is 11.3 Å². The highest BCUT2D eigenvalue weighted by Crippen LogP contribution is 2.14. The van der Waals surface area contributed by atoms with Gasteiger partial charge in [-0.2, -0.15) is 0 Å². The molecule has 0 saturated heterocycles. The fourth-order valence-electron chi connectivity index (χ4n) is 2.84. The largest absolute Gasteiger partial charge is 0.314 e. The number of unbranched alkanes of at least 4 members (excludes halogenated alkanes) is 7. The van der Waals surface area contributed by atoms with Gasteiger partial charge in [0.05, 0.1) is 10.7 Å². The zero-order chi connectivity index (χ0) is 15.3. The van der Waals surface area contributed by atoms with Crippen LogP contribution in [0.4, 0.5) is 0 Å². The number of rotatable bonds is 13. The highest BCUT2D eigenvalue weighted by atomic mass is 32.1. The molecule has 3 heteroatoms. The lowest BCUT2D eigenvalue weighted by Crippen LogP contribution is -2.31. The third kappa shape index (κ3) is 9.26. The van der Waals surface area contributed by atoms with E-state index in [1.807, 2.05) is 0 Å². The Labute approximate surface area is 135 Å². The van der Waals surface area contributed by atoms with Gasteiger partial charge in [0, 0.05) is 17.8 Å². The van der Waals surface area contributed by atoms with Crippen LogP contribution < -0.4 is 5.32 Å². The Bertz CT molecular complexity index is 349. The minimum absolute atomic E-state index is 0.608. The summed E-state index contributed by atoms with van der Waals surface area (Å²) < 4.78 is 0. The lowest BCUT2D eigenvalue weighted by Gasteiger charge is -2.16. The molecule has 0 aliphatic heterocycles. The first-order valence-electron chi connectivity index (χ1n) is 8.90. The van der Waals surface area contributed by atoms with Crippen LogP contribution in [-0.4, -0.2) is 17.6 Å². The molecule has 1 unspecified atom stereocenters. The molecular formula is C18H34N2S. The van der Waals surface area contributed by atoms with E-state index in [-0.39, 0.29) is 0 Å². The molecule has 1 aromatic rings. The van der Waals surface area contributed by atoms with Crippen LogP contribution in [0.25, 0.3) is 0 Å². The summed E-state index contributed by atoms with van der Waals surface area (Å²) in [6.07, 6.45) is 13.6. The number of hydrogen-bond acceptors (Lipinski definition) is 3. The normalized spacial score (nSPS) is 12.7. The molecule has 122 valence electrons. The van der Waals surface area contributed by atoms with Crippen LogP contribution in [0.5, 0.6) is 0 Å². The van der Waals surface area contributed by atoms with Gasteiger partial charge in [0.25, 0.3) is 0 Å². The van der Waals surface area contributed by atoms with Crippen LogP contribution in [-0.2, 0) is 6.42 Å². The van der Waals surface area contributed by atoms with Gasteiger partial charge in [0.15, 0.2) is 0 Å². The van der Waals surface area contributed by atoms with Crippen molar-refractivity contribution in [2.45, 2.75) is 91.0 Å². The Balaban J connectivity index is 2.10. The Kier molecular flexibility index (Phi) is 10.8. The fourth-order valence-corrected chi connectivity index (χ4v) is 3.47. The SMILES string of the molecule is CCCCCCCCCCC(Cc1csc(C)n1)NCC. The summed E-state index contributed by atoms with van der Waals surface area (Å²) in [5.41, 5.74) is 1.27. The molecule has 0 amide bonds. The van der Waals surface area contributed by atoms with E-state index < -0.39 is 0 Å². The molecule has 0 aromatic carbocycles. The summed E-state index contributed by atoms with van der Waals surface area (Å²) in [5.74, 6) is 0. The zero-order valence-corrected chi connectivity index (χ0v) is 15.1. The summed E-state index contributed by atoms with van der Waals surface area (Å²) >= 11 is 1.77. The first-order valence-corrected chi connectivity index (χ1v) is 9.78. The molecule has 0 aliphatic carbocycles. The lowest BCUT2D eigenvalue weighted by atomic mass is 10.0. The molecule has 0 fully saturated rings. The van der Waals surface area contributed by atoms with Crippen LogP contribution in [0.3, 0.4) is 0 Å². The second-order valence-corrected chi connectivity index (χ2v) is 7.14. The molecule has 0 aliphatic rings. The average molecular weight is 311 g/mol. The Hall–Kier alpha value is -0.410. The van der Waals surface area contributed by atoms with Gasteiger partial charge in [-0.1, -0.05) is 65.2 Å². The quantitative estimate of drug-likeness (QED) is 0.486. The van der Waals surface area contributed by atoms with Crippen LogP contribution in [0.15, 0.2) is 5.38 Å². The maximum Gasteiger partial charge on any atom is 0.0897 e. The molecule has 0 saturated carbocycles. The summed E-state index contributed by atoms with van der Waals surface area (Å²) in [5, 5.41) is 7.03. The second kappa shape index (κ2) is 12.2. The lowest BCUT2D eigenvalue weighted by molar-refractivity contribution is 0.456. The van der Waals surface area contributed by atoms with E-state index >= 15 is 0 Å². The van der Waals surface area contributed by atoms with Crippen LogP contribution in [0.1, 0.15) is 82.3 Å². The highest BCUT2D eigenvalue weighted by Gasteiger charge is 2.10. The van der Waals surface area contributed by atoms with Crippen molar-refractivity contribution in [3.63, 3.8) is 0 Å². The first kappa shape index (κ1) is 18.6. The smallest absolute Gasteiger partial charge is 0.0897 e. The van der Waals surface area contributed by atoms with Crippen LogP contribution in [0, 0.1) is 6.92 Å². The predicted molar refractivity (Wildman–Crippen MR) is 95.2 cm³/mol. The maximum atomic E-state index is 4.60. The molecular weight excluding hydrogens is 276 g/mol. The molecule has 0 spiro atoms. The van der Waals surface area contributed by atoms with Gasteiger partial charge in [0.2, 0.25) is 0 Å². The number of nitrogens with one attached hydrogen (secondary N) is 1. The number of thiazole rings is 1. The van der Waals surface area contributed by atoms with Crippen molar-refractivity contribution in [1.82, 2.24) is 10.3 Å². The third-order valence-electron chi connectivity index (χ3n) is 4.02. The molecule has 1 heterocycles. The monoisotopic (exact) mass is 310 g/mol. The number of nitrogens with zero attached hydrogens (tertiary/aromatic N) is 1. The predicted octanol–water partition coefficient (Wildman–Crippen LogP) is 5.50. The van der Waals surface area contributed by atoms with E-state index in [2.05, 4.69) is 36.5 Å². The number of aryl methyl sites for hydroxylation is 1. The number of aromatic nitrogens is 1. The van der Waals surface area contributed by atoms with E-state index in [1.165, 1.54) is 68.5 Å². The number of likely N-dealkylation sites (N-methyl/N-ethyl adjacent to an activating group) is 1. The number of hydrogen-bond donors (Lipinski definition) is 1. The highest BCUT2D eigenvalue weighted by molar-refractivity contribution is 7.09. The van der Waals surface area contributed by atoms with Gasteiger partial charge in [0.1, 0.15) is 0 Å². The third-order valence-corrected chi connectivity index (χ3v) is 4.84. The van der Waals surface area contributed by atoms with E-state index in [9.17, 15) is 0 Å². The molecule has 1 atom stereocenters. The van der Waals surface area contributed by atoms with Gasteiger partial charge >= 0.3 is 0 Å². The Morgan fingerprint density at radius 3 is 2.29 bits per heavy atom.